The van der Waals surface area contributed by atoms with E-state index in [0.717, 1.165) is 56.2 Å². The molecule has 2 aromatic carbocycles. The summed E-state index contributed by atoms with van der Waals surface area (Å²) >= 11 is 6.09. The summed E-state index contributed by atoms with van der Waals surface area (Å²) in [6.07, 6.45) is 6.03. The minimum Gasteiger partial charge on any atom is -0.493 e. The molecule has 1 aliphatic heterocycles. The quantitative estimate of drug-likeness (QED) is 0.559. The Morgan fingerprint density at radius 2 is 1.75 bits per heavy atom. The van der Waals surface area contributed by atoms with Crippen LogP contribution in [0.2, 0.25) is 5.02 Å². The van der Waals surface area contributed by atoms with Crippen molar-refractivity contribution in [2.24, 2.45) is 11.3 Å². The molecular formula is C29H35ClN2O4. The summed E-state index contributed by atoms with van der Waals surface area (Å²) in [5.41, 5.74) is 2.03. The van der Waals surface area contributed by atoms with Gasteiger partial charge in [-0.15, -0.1) is 0 Å². The van der Waals surface area contributed by atoms with Crippen LogP contribution in [0.15, 0.2) is 36.4 Å². The number of ether oxygens (including phenoxy) is 2. The molecule has 2 aromatic rings. The van der Waals surface area contributed by atoms with Gasteiger partial charge in [0.25, 0.3) is 5.91 Å². The molecule has 3 fully saturated rings. The van der Waals surface area contributed by atoms with Crippen LogP contribution in [-0.2, 0) is 10.2 Å². The van der Waals surface area contributed by atoms with Crippen LogP contribution in [0.25, 0.3) is 0 Å². The highest BCUT2D eigenvalue weighted by Gasteiger charge is 2.52. The summed E-state index contributed by atoms with van der Waals surface area (Å²) < 4.78 is 10.8. The maximum Gasteiger partial charge on any atom is 0.254 e. The predicted molar refractivity (Wildman–Crippen MR) is 140 cm³/mol. The van der Waals surface area contributed by atoms with E-state index in [4.69, 9.17) is 21.1 Å². The molecule has 2 amide bonds. The molecule has 0 aromatic heterocycles. The van der Waals surface area contributed by atoms with Crippen molar-refractivity contribution in [1.29, 1.82) is 0 Å². The van der Waals surface area contributed by atoms with E-state index in [1.165, 1.54) is 0 Å². The zero-order valence-corrected chi connectivity index (χ0v) is 22.1. The van der Waals surface area contributed by atoms with Crippen molar-refractivity contribution in [1.82, 2.24) is 10.2 Å². The second-order valence-electron chi connectivity index (χ2n) is 10.8. The van der Waals surface area contributed by atoms with E-state index in [0.29, 0.717) is 41.1 Å². The lowest BCUT2D eigenvalue weighted by molar-refractivity contribution is -0.130. The minimum absolute atomic E-state index is 0.0187. The first-order valence-corrected chi connectivity index (χ1v) is 13.3. The summed E-state index contributed by atoms with van der Waals surface area (Å²) in [5, 5.41) is 4.02. The van der Waals surface area contributed by atoms with Crippen LogP contribution in [0.5, 0.6) is 11.5 Å². The van der Waals surface area contributed by atoms with Gasteiger partial charge in [0.2, 0.25) is 5.91 Å². The van der Waals surface area contributed by atoms with Gasteiger partial charge in [0.1, 0.15) is 0 Å². The second kappa shape index (κ2) is 9.62. The Hall–Kier alpha value is -2.73. The third-order valence-corrected chi connectivity index (χ3v) is 9.18. The largest absolute Gasteiger partial charge is 0.493 e. The van der Waals surface area contributed by atoms with Crippen molar-refractivity contribution < 1.29 is 19.1 Å². The Bertz CT molecular complexity index is 1160. The van der Waals surface area contributed by atoms with Crippen molar-refractivity contribution in [2.45, 2.75) is 50.9 Å². The number of carbonyl (C=O) groups excluding carboxylic acids is 2. The molecule has 1 heterocycles. The lowest BCUT2D eigenvalue weighted by Crippen LogP contribution is -2.52. The fraction of sp³-hybridized carbons (Fsp3) is 0.517. The number of fused-ring (bicyclic) bond motifs is 1. The van der Waals surface area contributed by atoms with Crippen LogP contribution in [0, 0.1) is 18.3 Å². The van der Waals surface area contributed by atoms with Crippen LogP contribution < -0.4 is 14.8 Å². The van der Waals surface area contributed by atoms with E-state index in [-0.39, 0.29) is 17.2 Å². The lowest BCUT2D eigenvalue weighted by Gasteiger charge is -2.42. The summed E-state index contributed by atoms with van der Waals surface area (Å²) in [6.45, 7) is 3.93. The van der Waals surface area contributed by atoms with Gasteiger partial charge in [-0.05, 0) is 73.9 Å². The minimum atomic E-state index is -0.458. The number of nitrogens with zero attached hydrogens (tertiary/aromatic N) is 1. The number of nitrogens with one attached hydrogen (secondary N) is 1. The van der Waals surface area contributed by atoms with Crippen molar-refractivity contribution in [2.75, 3.05) is 33.9 Å². The average molecular weight is 511 g/mol. The summed E-state index contributed by atoms with van der Waals surface area (Å²) in [4.78, 5) is 29.1. The second-order valence-corrected chi connectivity index (χ2v) is 11.2. The number of halogens is 1. The van der Waals surface area contributed by atoms with Gasteiger partial charge in [0.05, 0.1) is 19.6 Å². The molecular weight excluding hydrogens is 476 g/mol. The summed E-state index contributed by atoms with van der Waals surface area (Å²) in [7, 11) is 3.18. The number of amides is 2. The average Bonchev–Trinajstić information content (AvgIpc) is 3.40. The zero-order chi connectivity index (χ0) is 25.5. The molecule has 2 saturated carbocycles. The number of aryl methyl sites for hydroxylation is 1. The standard InChI is InChI=1S/C29H35ClN2O4/c1-19-14-24(35-2)25(36-3)15-23(19)26(33)32-16-21-6-4-11-28(21,18-32)17-31-27(34)29(12-5-13-29)20-7-9-22(30)10-8-20/h7-10,14-15,21H,4-6,11-13,16-18H2,1-3H3,(H,31,34)/t21-,28-/m0/s1. The SMILES string of the molecule is COc1cc(C)c(C(=O)N2C[C@@H]3CCC[C@]3(CNC(=O)C3(c4ccc(Cl)cc4)CCC3)C2)cc1OC. The molecule has 0 unspecified atom stereocenters. The fourth-order valence-corrected chi connectivity index (χ4v) is 6.74. The number of rotatable bonds is 7. The zero-order valence-electron chi connectivity index (χ0n) is 21.4. The molecule has 1 N–H and O–H groups in total. The van der Waals surface area contributed by atoms with Crippen LogP contribution in [0.4, 0.5) is 0 Å². The monoisotopic (exact) mass is 510 g/mol. The van der Waals surface area contributed by atoms with Gasteiger partial charge in [-0.3, -0.25) is 9.59 Å². The van der Waals surface area contributed by atoms with E-state index in [2.05, 4.69) is 5.32 Å². The first kappa shape index (κ1) is 24.9. The first-order valence-electron chi connectivity index (χ1n) is 12.9. The molecule has 192 valence electrons. The van der Waals surface area contributed by atoms with E-state index in [1.54, 1.807) is 20.3 Å². The van der Waals surface area contributed by atoms with Gasteiger partial charge in [0, 0.05) is 35.6 Å². The van der Waals surface area contributed by atoms with Crippen molar-refractivity contribution in [3.63, 3.8) is 0 Å². The molecule has 7 heteroatoms. The molecule has 5 rings (SSSR count). The molecule has 36 heavy (non-hydrogen) atoms. The summed E-state index contributed by atoms with van der Waals surface area (Å²) in [6, 6.07) is 11.3. The highest BCUT2D eigenvalue weighted by molar-refractivity contribution is 6.30. The predicted octanol–water partition coefficient (Wildman–Crippen LogP) is 5.15. The van der Waals surface area contributed by atoms with Crippen molar-refractivity contribution in [3.8, 4) is 11.5 Å². The molecule has 1 saturated heterocycles. The van der Waals surface area contributed by atoms with Gasteiger partial charge in [-0.25, -0.2) is 0 Å². The number of likely N-dealkylation sites (tertiary alicyclic amines) is 1. The first-order chi connectivity index (χ1) is 17.3. The molecule has 3 aliphatic rings. The maximum atomic E-state index is 13.6. The molecule has 0 spiro atoms. The van der Waals surface area contributed by atoms with Crippen molar-refractivity contribution in [3.05, 3.63) is 58.1 Å². The number of hydrogen-bond donors (Lipinski definition) is 1. The highest BCUT2D eigenvalue weighted by Crippen LogP contribution is 2.50. The Morgan fingerprint density at radius 3 is 2.39 bits per heavy atom. The summed E-state index contributed by atoms with van der Waals surface area (Å²) in [5.74, 6) is 1.70. The molecule has 2 aliphatic carbocycles. The van der Waals surface area contributed by atoms with Crippen molar-refractivity contribution >= 4 is 23.4 Å². The third-order valence-electron chi connectivity index (χ3n) is 8.93. The number of methoxy groups -OCH3 is 2. The Labute approximate surface area is 218 Å². The maximum absolute atomic E-state index is 13.6. The lowest BCUT2D eigenvalue weighted by atomic mass is 9.63. The van der Waals surface area contributed by atoms with Gasteiger partial charge in [-0.1, -0.05) is 36.6 Å². The van der Waals surface area contributed by atoms with Gasteiger partial charge in [0.15, 0.2) is 11.5 Å². The van der Waals surface area contributed by atoms with Gasteiger partial charge >= 0.3 is 0 Å². The van der Waals surface area contributed by atoms with Gasteiger partial charge in [-0.2, -0.15) is 0 Å². The van der Waals surface area contributed by atoms with Gasteiger partial charge < -0.3 is 19.7 Å². The Balaban J connectivity index is 1.31. The third kappa shape index (κ3) is 4.13. The number of benzene rings is 2. The van der Waals surface area contributed by atoms with E-state index < -0.39 is 5.41 Å². The van der Waals surface area contributed by atoms with Crippen LogP contribution in [-0.4, -0.2) is 50.6 Å². The Kier molecular flexibility index (Phi) is 6.67. The normalized spacial score (nSPS) is 24.1. The van der Waals surface area contributed by atoms with E-state index >= 15 is 0 Å². The fourth-order valence-electron chi connectivity index (χ4n) is 6.61. The molecule has 6 nitrogen and oxygen atoms in total. The van der Waals surface area contributed by atoms with Crippen LogP contribution in [0.3, 0.4) is 0 Å². The van der Waals surface area contributed by atoms with Crippen LogP contribution >= 0.6 is 11.6 Å². The molecule has 0 bridgehead atoms. The van der Waals surface area contributed by atoms with E-state index in [1.807, 2.05) is 42.2 Å². The highest BCUT2D eigenvalue weighted by atomic mass is 35.5. The number of hydrogen-bond acceptors (Lipinski definition) is 4. The number of carbonyl (C=O) groups is 2. The smallest absolute Gasteiger partial charge is 0.254 e. The molecule has 2 atom stereocenters. The Morgan fingerprint density at radius 1 is 1.06 bits per heavy atom. The molecule has 0 radical (unpaired) electrons. The van der Waals surface area contributed by atoms with E-state index in [9.17, 15) is 9.59 Å². The van der Waals surface area contributed by atoms with Crippen LogP contribution in [0.1, 0.15) is 60.0 Å². The topological polar surface area (TPSA) is 67.9 Å².